The van der Waals surface area contributed by atoms with Crippen LogP contribution in [0.2, 0.25) is 0 Å². The molecule has 106 valence electrons. The van der Waals surface area contributed by atoms with Crippen molar-refractivity contribution in [3.8, 4) is 5.75 Å². The summed E-state index contributed by atoms with van der Waals surface area (Å²) in [5, 5.41) is 3.02. The number of hydrogen-bond donors (Lipinski definition) is 1. The number of anilines is 1. The first-order valence-corrected chi connectivity index (χ1v) is 6.85. The summed E-state index contributed by atoms with van der Waals surface area (Å²) in [6, 6.07) is 9.08. The Morgan fingerprint density at radius 3 is 2.50 bits per heavy atom. The zero-order valence-electron chi connectivity index (χ0n) is 11.1. The summed E-state index contributed by atoms with van der Waals surface area (Å²) in [6.07, 6.45) is 0. The molecule has 0 aliphatic rings. The molecule has 2 aromatic carbocycles. The average molecular weight is 342 g/mol. The van der Waals surface area contributed by atoms with Crippen LogP contribution in [0.3, 0.4) is 0 Å². The van der Waals surface area contributed by atoms with Crippen LogP contribution in [0.15, 0.2) is 40.9 Å². The van der Waals surface area contributed by atoms with Gasteiger partial charge in [-0.3, -0.25) is 0 Å². The summed E-state index contributed by atoms with van der Waals surface area (Å²) in [6.45, 7) is 1.83. The number of nitrogens with one attached hydrogen (secondary N) is 1. The molecule has 1 atom stereocenters. The van der Waals surface area contributed by atoms with E-state index >= 15 is 0 Å². The molecule has 20 heavy (non-hydrogen) atoms. The van der Waals surface area contributed by atoms with Crippen LogP contribution in [0, 0.1) is 11.6 Å². The van der Waals surface area contributed by atoms with E-state index in [9.17, 15) is 8.78 Å². The van der Waals surface area contributed by atoms with Gasteiger partial charge in [0.15, 0.2) is 11.6 Å². The summed E-state index contributed by atoms with van der Waals surface area (Å²) in [5.74, 6) is -0.600. The first-order chi connectivity index (χ1) is 9.51. The van der Waals surface area contributed by atoms with Crippen molar-refractivity contribution in [1.29, 1.82) is 0 Å². The summed E-state index contributed by atoms with van der Waals surface area (Å²) in [7, 11) is 1.41. The highest BCUT2D eigenvalue weighted by Gasteiger charge is 2.11. The van der Waals surface area contributed by atoms with E-state index in [0.29, 0.717) is 11.3 Å². The first kappa shape index (κ1) is 14.8. The molecule has 2 nitrogen and oxygen atoms in total. The molecule has 0 fully saturated rings. The maximum absolute atomic E-state index is 13.7. The average Bonchev–Trinajstić information content (AvgIpc) is 2.42. The van der Waals surface area contributed by atoms with Gasteiger partial charge >= 0.3 is 0 Å². The molecule has 0 saturated carbocycles. The van der Waals surface area contributed by atoms with Gasteiger partial charge in [0, 0.05) is 10.5 Å². The van der Waals surface area contributed by atoms with Crippen molar-refractivity contribution in [2.45, 2.75) is 13.0 Å². The predicted molar refractivity (Wildman–Crippen MR) is 79.1 cm³/mol. The third kappa shape index (κ3) is 3.28. The Morgan fingerprint density at radius 1 is 1.10 bits per heavy atom. The summed E-state index contributed by atoms with van der Waals surface area (Å²) in [4.78, 5) is 0. The van der Waals surface area contributed by atoms with E-state index in [0.717, 1.165) is 4.47 Å². The number of rotatable bonds is 4. The highest BCUT2D eigenvalue weighted by Crippen LogP contribution is 2.27. The minimum absolute atomic E-state index is 0.189. The molecule has 0 amide bonds. The van der Waals surface area contributed by atoms with Gasteiger partial charge in [-0.2, -0.15) is 0 Å². The van der Waals surface area contributed by atoms with Gasteiger partial charge in [-0.25, -0.2) is 8.78 Å². The minimum atomic E-state index is -0.437. The Labute approximate surface area is 124 Å². The molecule has 0 heterocycles. The molecular formula is C15H14BrF2NO. The Kier molecular flexibility index (Phi) is 4.60. The fraction of sp³-hybridized carbons (Fsp3) is 0.200. The van der Waals surface area contributed by atoms with E-state index < -0.39 is 5.82 Å². The van der Waals surface area contributed by atoms with Gasteiger partial charge in [-0.1, -0.05) is 22.0 Å². The second kappa shape index (κ2) is 6.22. The van der Waals surface area contributed by atoms with Gasteiger partial charge in [0.05, 0.1) is 12.8 Å². The van der Waals surface area contributed by atoms with Gasteiger partial charge in [-0.05, 0) is 42.8 Å². The van der Waals surface area contributed by atoms with Crippen LogP contribution in [0.1, 0.15) is 18.5 Å². The molecule has 0 spiro atoms. The van der Waals surface area contributed by atoms with E-state index in [1.54, 1.807) is 24.3 Å². The number of halogens is 3. The van der Waals surface area contributed by atoms with E-state index in [4.69, 9.17) is 4.74 Å². The van der Waals surface area contributed by atoms with E-state index in [1.165, 1.54) is 19.2 Å². The topological polar surface area (TPSA) is 21.3 Å². The molecule has 0 saturated heterocycles. The van der Waals surface area contributed by atoms with Crippen molar-refractivity contribution in [2.75, 3.05) is 12.4 Å². The van der Waals surface area contributed by atoms with Crippen molar-refractivity contribution >= 4 is 21.6 Å². The molecule has 0 bridgehead atoms. The van der Waals surface area contributed by atoms with Crippen LogP contribution in [0.5, 0.6) is 5.75 Å². The van der Waals surface area contributed by atoms with Crippen LogP contribution >= 0.6 is 15.9 Å². The Bertz CT molecular complexity index is 619. The van der Waals surface area contributed by atoms with E-state index in [2.05, 4.69) is 21.2 Å². The Morgan fingerprint density at radius 2 is 1.85 bits per heavy atom. The molecule has 1 unspecified atom stereocenters. The second-order valence-electron chi connectivity index (χ2n) is 4.38. The first-order valence-electron chi connectivity index (χ1n) is 6.06. The third-order valence-electron chi connectivity index (χ3n) is 2.98. The summed E-state index contributed by atoms with van der Waals surface area (Å²) >= 11 is 3.29. The van der Waals surface area contributed by atoms with E-state index in [-0.39, 0.29) is 17.6 Å². The minimum Gasteiger partial charge on any atom is -0.494 e. The summed E-state index contributed by atoms with van der Waals surface area (Å²) in [5.41, 5.74) is 1.07. The lowest BCUT2D eigenvalue weighted by atomic mass is 10.1. The van der Waals surface area contributed by atoms with Crippen molar-refractivity contribution in [2.24, 2.45) is 0 Å². The van der Waals surface area contributed by atoms with Crippen molar-refractivity contribution < 1.29 is 13.5 Å². The zero-order chi connectivity index (χ0) is 14.7. The van der Waals surface area contributed by atoms with Crippen LogP contribution in [0.25, 0.3) is 0 Å². The molecule has 0 aromatic heterocycles. The summed E-state index contributed by atoms with van der Waals surface area (Å²) < 4.78 is 33.0. The highest BCUT2D eigenvalue weighted by atomic mass is 79.9. The van der Waals surface area contributed by atoms with Gasteiger partial charge in [-0.15, -0.1) is 0 Å². The van der Waals surface area contributed by atoms with Gasteiger partial charge in [0.2, 0.25) is 0 Å². The van der Waals surface area contributed by atoms with Crippen LogP contribution in [-0.2, 0) is 0 Å². The Hall–Kier alpha value is -1.62. The molecule has 0 aliphatic carbocycles. The standard InChI is InChI=1S/C15H14BrF2NO/c1-9(10-3-6-15(20-2)13(18)7-10)19-14-8-11(16)4-5-12(14)17/h3-9,19H,1-2H3. The SMILES string of the molecule is COc1ccc(C(C)Nc2cc(Br)ccc2F)cc1F. The smallest absolute Gasteiger partial charge is 0.165 e. The maximum Gasteiger partial charge on any atom is 0.165 e. The van der Waals surface area contributed by atoms with Crippen molar-refractivity contribution in [3.63, 3.8) is 0 Å². The quantitative estimate of drug-likeness (QED) is 0.853. The lowest BCUT2D eigenvalue weighted by Crippen LogP contribution is -2.08. The molecule has 0 aliphatic heterocycles. The molecule has 1 N–H and O–H groups in total. The monoisotopic (exact) mass is 341 g/mol. The lowest BCUT2D eigenvalue weighted by Gasteiger charge is -2.17. The molecule has 2 aromatic rings. The Balaban J connectivity index is 2.21. The van der Waals surface area contributed by atoms with Gasteiger partial charge in [0.1, 0.15) is 5.82 Å². The second-order valence-corrected chi connectivity index (χ2v) is 5.30. The zero-order valence-corrected chi connectivity index (χ0v) is 12.7. The van der Waals surface area contributed by atoms with E-state index in [1.807, 2.05) is 6.92 Å². The molecular weight excluding hydrogens is 328 g/mol. The van der Waals surface area contributed by atoms with Crippen LogP contribution in [0.4, 0.5) is 14.5 Å². The number of methoxy groups -OCH3 is 1. The number of hydrogen-bond acceptors (Lipinski definition) is 2. The molecule has 5 heteroatoms. The highest BCUT2D eigenvalue weighted by molar-refractivity contribution is 9.10. The largest absolute Gasteiger partial charge is 0.494 e. The van der Waals surface area contributed by atoms with Crippen molar-refractivity contribution in [3.05, 3.63) is 58.1 Å². The molecule has 2 rings (SSSR count). The maximum atomic E-state index is 13.7. The number of ether oxygens (including phenoxy) is 1. The fourth-order valence-electron chi connectivity index (χ4n) is 1.88. The lowest BCUT2D eigenvalue weighted by molar-refractivity contribution is 0.386. The normalized spacial score (nSPS) is 12.1. The van der Waals surface area contributed by atoms with Crippen LogP contribution < -0.4 is 10.1 Å². The van der Waals surface area contributed by atoms with Gasteiger partial charge in [0.25, 0.3) is 0 Å². The predicted octanol–water partition coefficient (Wildman–Crippen LogP) is 4.91. The third-order valence-corrected chi connectivity index (χ3v) is 3.47. The van der Waals surface area contributed by atoms with Crippen LogP contribution in [-0.4, -0.2) is 7.11 Å². The fourth-order valence-corrected chi connectivity index (χ4v) is 2.24. The number of benzene rings is 2. The van der Waals surface area contributed by atoms with Gasteiger partial charge < -0.3 is 10.1 Å². The molecule has 0 radical (unpaired) electrons. The van der Waals surface area contributed by atoms with Crippen molar-refractivity contribution in [1.82, 2.24) is 0 Å².